The van der Waals surface area contributed by atoms with Gasteiger partial charge in [0.15, 0.2) is 11.5 Å². The molecule has 0 aliphatic rings. The maximum atomic E-state index is 11.3. The summed E-state index contributed by atoms with van der Waals surface area (Å²) in [6.45, 7) is 1.65. The summed E-state index contributed by atoms with van der Waals surface area (Å²) in [6.07, 6.45) is 2.73. The fourth-order valence-corrected chi connectivity index (χ4v) is 1.50. The summed E-state index contributed by atoms with van der Waals surface area (Å²) < 4.78 is 0. The van der Waals surface area contributed by atoms with Crippen molar-refractivity contribution in [3.63, 3.8) is 0 Å². The molecule has 0 aliphatic carbocycles. The monoisotopic (exact) mass is 265 g/mol. The quantitative estimate of drug-likeness (QED) is 0.465. The summed E-state index contributed by atoms with van der Waals surface area (Å²) in [5.74, 6) is -2.29. The van der Waals surface area contributed by atoms with Gasteiger partial charge in [0.2, 0.25) is 5.91 Å². The van der Waals surface area contributed by atoms with Crippen molar-refractivity contribution in [3.05, 3.63) is 35.9 Å². The first-order valence-corrected chi connectivity index (χ1v) is 5.61. The Labute approximate surface area is 110 Å². The fourth-order valence-electron chi connectivity index (χ4n) is 1.50. The Morgan fingerprint density at radius 1 is 1.32 bits per heavy atom. The van der Waals surface area contributed by atoms with Crippen LogP contribution in [0.1, 0.15) is 12.5 Å². The second kappa shape index (κ2) is 6.44. The van der Waals surface area contributed by atoms with Crippen LogP contribution in [0.3, 0.4) is 0 Å². The van der Waals surface area contributed by atoms with Gasteiger partial charge in [0, 0.05) is 6.42 Å². The van der Waals surface area contributed by atoms with Crippen LogP contribution in [-0.2, 0) is 16.0 Å². The van der Waals surface area contributed by atoms with Crippen molar-refractivity contribution in [1.29, 1.82) is 0 Å². The van der Waals surface area contributed by atoms with E-state index in [2.05, 4.69) is 5.32 Å². The number of carboxylic acids is 1. The van der Waals surface area contributed by atoms with Crippen LogP contribution in [0.4, 0.5) is 0 Å². The van der Waals surface area contributed by atoms with Gasteiger partial charge in [-0.25, -0.2) is 4.79 Å². The first-order chi connectivity index (χ1) is 8.93. The highest BCUT2D eigenvalue weighted by Gasteiger charge is 2.19. The second-order valence-electron chi connectivity index (χ2n) is 3.93. The van der Waals surface area contributed by atoms with Gasteiger partial charge in [0.25, 0.3) is 0 Å². The molecule has 0 aromatic heterocycles. The predicted octanol–water partition coefficient (Wildman–Crippen LogP) is 0.786. The maximum absolute atomic E-state index is 11.3. The Bertz CT molecular complexity index is 510. The molecule has 1 atom stereocenters. The number of hydrogen-bond donors (Lipinski definition) is 4. The molecule has 0 saturated heterocycles. The van der Waals surface area contributed by atoms with E-state index < -0.39 is 17.9 Å². The average molecular weight is 265 g/mol. The Balaban J connectivity index is 2.81. The Hall–Kier alpha value is -2.50. The predicted molar refractivity (Wildman–Crippen MR) is 67.9 cm³/mol. The highest BCUT2D eigenvalue weighted by molar-refractivity contribution is 5.91. The van der Waals surface area contributed by atoms with Crippen LogP contribution < -0.4 is 5.32 Å². The number of amides is 1. The summed E-state index contributed by atoms with van der Waals surface area (Å²) in [5.41, 5.74) is 0.489. The molecule has 0 radical (unpaired) electrons. The van der Waals surface area contributed by atoms with Crippen LogP contribution in [0.15, 0.2) is 30.4 Å². The zero-order valence-electron chi connectivity index (χ0n) is 10.3. The minimum atomic E-state index is -1.18. The lowest BCUT2D eigenvalue weighted by Gasteiger charge is -2.13. The lowest BCUT2D eigenvalue weighted by Crippen LogP contribution is -2.41. The number of carboxylic acid groups (broad SMARTS) is 1. The maximum Gasteiger partial charge on any atom is 0.326 e. The van der Waals surface area contributed by atoms with Gasteiger partial charge in [-0.3, -0.25) is 4.79 Å². The minimum Gasteiger partial charge on any atom is -0.504 e. The molecule has 1 amide bonds. The Morgan fingerprint density at radius 3 is 2.53 bits per heavy atom. The Morgan fingerprint density at radius 2 is 2.00 bits per heavy atom. The number of phenols is 2. The summed E-state index contributed by atoms with van der Waals surface area (Å²) in [7, 11) is 0. The van der Waals surface area contributed by atoms with E-state index in [9.17, 15) is 14.7 Å². The number of nitrogens with one attached hydrogen (secondary N) is 1. The van der Waals surface area contributed by atoms with Crippen LogP contribution in [0.2, 0.25) is 0 Å². The average Bonchev–Trinajstić information content (AvgIpc) is 2.33. The van der Waals surface area contributed by atoms with Crippen molar-refractivity contribution in [1.82, 2.24) is 5.32 Å². The lowest BCUT2D eigenvalue weighted by atomic mass is 10.1. The van der Waals surface area contributed by atoms with Gasteiger partial charge in [-0.1, -0.05) is 12.1 Å². The van der Waals surface area contributed by atoms with E-state index >= 15 is 0 Å². The van der Waals surface area contributed by atoms with Crippen molar-refractivity contribution < 1.29 is 24.9 Å². The van der Waals surface area contributed by atoms with Gasteiger partial charge < -0.3 is 20.6 Å². The molecular formula is C13H15NO5. The topological polar surface area (TPSA) is 107 Å². The number of aliphatic carboxylic acids is 1. The normalized spacial score (nSPS) is 12.3. The van der Waals surface area contributed by atoms with E-state index in [1.165, 1.54) is 30.4 Å². The number of carbonyl (C=O) groups is 2. The van der Waals surface area contributed by atoms with E-state index in [-0.39, 0.29) is 17.9 Å². The molecule has 1 rings (SSSR count). The first-order valence-electron chi connectivity index (χ1n) is 5.61. The fraction of sp³-hybridized carbons (Fsp3) is 0.231. The van der Waals surface area contributed by atoms with Gasteiger partial charge >= 0.3 is 5.97 Å². The van der Waals surface area contributed by atoms with E-state index in [4.69, 9.17) is 10.2 Å². The zero-order chi connectivity index (χ0) is 14.4. The molecule has 1 aromatic carbocycles. The van der Waals surface area contributed by atoms with Crippen LogP contribution >= 0.6 is 0 Å². The summed E-state index contributed by atoms with van der Waals surface area (Å²) in [6, 6.07) is 2.89. The molecule has 6 heteroatoms. The zero-order valence-corrected chi connectivity index (χ0v) is 10.3. The molecule has 0 heterocycles. The number of hydrogen-bond acceptors (Lipinski definition) is 4. The van der Waals surface area contributed by atoms with Crippen LogP contribution in [0.5, 0.6) is 11.5 Å². The van der Waals surface area contributed by atoms with Crippen LogP contribution in [0, 0.1) is 0 Å². The van der Waals surface area contributed by atoms with Gasteiger partial charge in [-0.05, 0) is 30.7 Å². The molecule has 0 bridgehead atoms. The molecule has 4 N–H and O–H groups in total. The van der Waals surface area contributed by atoms with E-state index in [0.717, 1.165) is 0 Å². The van der Waals surface area contributed by atoms with Gasteiger partial charge in [-0.2, -0.15) is 0 Å². The van der Waals surface area contributed by atoms with Crippen molar-refractivity contribution in [2.24, 2.45) is 0 Å². The third-order valence-corrected chi connectivity index (χ3v) is 2.41. The number of benzene rings is 1. The third kappa shape index (κ3) is 4.34. The van der Waals surface area contributed by atoms with Gasteiger partial charge in [0.05, 0.1) is 0 Å². The molecule has 0 fully saturated rings. The SMILES string of the molecule is CC=CC(=O)N[C@@H](Cc1ccc(O)c(O)c1)C(=O)O. The number of carbonyl (C=O) groups excluding carboxylic acids is 1. The van der Waals surface area contributed by atoms with E-state index in [0.29, 0.717) is 5.56 Å². The van der Waals surface area contributed by atoms with Crippen molar-refractivity contribution in [2.45, 2.75) is 19.4 Å². The molecule has 0 aliphatic heterocycles. The summed E-state index contributed by atoms with van der Waals surface area (Å²) >= 11 is 0. The highest BCUT2D eigenvalue weighted by atomic mass is 16.4. The first kappa shape index (κ1) is 14.6. The number of rotatable bonds is 5. The molecule has 102 valence electrons. The molecule has 19 heavy (non-hydrogen) atoms. The summed E-state index contributed by atoms with van der Waals surface area (Å²) in [5, 5.41) is 29.8. The third-order valence-electron chi connectivity index (χ3n) is 2.41. The minimum absolute atomic E-state index is 0.00642. The molecule has 0 spiro atoms. The molecule has 6 nitrogen and oxygen atoms in total. The van der Waals surface area contributed by atoms with Crippen molar-refractivity contribution in [3.8, 4) is 11.5 Å². The van der Waals surface area contributed by atoms with Crippen molar-refractivity contribution in [2.75, 3.05) is 0 Å². The lowest BCUT2D eigenvalue weighted by molar-refractivity contribution is -0.141. The van der Waals surface area contributed by atoms with Gasteiger partial charge in [-0.15, -0.1) is 0 Å². The standard InChI is InChI=1S/C13H15NO5/c1-2-3-12(17)14-9(13(18)19)6-8-4-5-10(15)11(16)7-8/h2-5,7,9,15-16H,6H2,1H3,(H,14,17)(H,18,19)/t9-/m0/s1. The van der Waals surface area contributed by atoms with E-state index in [1.54, 1.807) is 6.92 Å². The molecular weight excluding hydrogens is 250 g/mol. The number of aromatic hydroxyl groups is 2. The molecule has 1 aromatic rings. The summed E-state index contributed by atoms with van der Waals surface area (Å²) in [4.78, 5) is 22.4. The number of allylic oxidation sites excluding steroid dienone is 1. The van der Waals surface area contributed by atoms with E-state index in [1.807, 2.05) is 0 Å². The van der Waals surface area contributed by atoms with Crippen molar-refractivity contribution >= 4 is 11.9 Å². The van der Waals surface area contributed by atoms with Crippen LogP contribution in [0.25, 0.3) is 0 Å². The number of phenolic OH excluding ortho intramolecular Hbond substituents is 2. The molecule has 0 unspecified atom stereocenters. The Kier molecular flexibility index (Phi) is 4.93. The van der Waals surface area contributed by atoms with Crippen LogP contribution in [-0.4, -0.2) is 33.2 Å². The second-order valence-corrected chi connectivity index (χ2v) is 3.93. The molecule has 0 saturated carbocycles. The smallest absolute Gasteiger partial charge is 0.326 e. The van der Waals surface area contributed by atoms with Gasteiger partial charge in [0.1, 0.15) is 6.04 Å². The highest BCUT2D eigenvalue weighted by Crippen LogP contribution is 2.25. The largest absolute Gasteiger partial charge is 0.504 e.